The van der Waals surface area contributed by atoms with E-state index in [9.17, 15) is 4.79 Å². The molecule has 5 heteroatoms. The Hall–Kier alpha value is -1.36. The van der Waals surface area contributed by atoms with Crippen molar-refractivity contribution in [2.24, 2.45) is 0 Å². The predicted molar refractivity (Wildman–Crippen MR) is 68.1 cm³/mol. The van der Waals surface area contributed by atoms with E-state index in [-0.39, 0.29) is 5.91 Å². The van der Waals surface area contributed by atoms with Gasteiger partial charge in [-0.1, -0.05) is 5.16 Å². The first kappa shape index (κ1) is 13.1. The molecule has 1 saturated heterocycles. The van der Waals surface area contributed by atoms with Gasteiger partial charge in [-0.2, -0.15) is 0 Å². The number of carbonyl (C=O) groups is 1. The molecule has 1 aliphatic rings. The molecule has 0 atom stereocenters. The number of hydrogen-bond donors (Lipinski definition) is 1. The Morgan fingerprint density at radius 1 is 1.33 bits per heavy atom. The number of carbonyl (C=O) groups excluding carboxylic acids is 1. The maximum Gasteiger partial charge on any atom is 0.236 e. The van der Waals surface area contributed by atoms with Crippen LogP contribution in [-0.2, 0) is 11.3 Å². The molecule has 0 unspecified atom stereocenters. The largest absolute Gasteiger partial charge is 0.361 e. The molecule has 2 rings (SSSR count). The fourth-order valence-electron chi connectivity index (χ4n) is 2.30. The lowest BCUT2D eigenvalue weighted by Crippen LogP contribution is -2.41. The molecule has 1 N–H and O–H groups in total. The van der Waals surface area contributed by atoms with Gasteiger partial charge in [0.05, 0.1) is 12.2 Å². The Labute approximate surface area is 108 Å². The molecule has 1 amide bonds. The average molecular weight is 251 g/mol. The summed E-state index contributed by atoms with van der Waals surface area (Å²) in [6.45, 7) is 6.66. The summed E-state index contributed by atoms with van der Waals surface area (Å²) in [6, 6.07) is 0. The summed E-state index contributed by atoms with van der Waals surface area (Å²) < 4.78 is 5.08. The van der Waals surface area contributed by atoms with Crippen LogP contribution in [0.3, 0.4) is 0 Å². The molecule has 0 saturated carbocycles. The van der Waals surface area contributed by atoms with Crippen molar-refractivity contribution in [1.29, 1.82) is 0 Å². The van der Waals surface area contributed by atoms with Gasteiger partial charge >= 0.3 is 0 Å². The number of aryl methyl sites for hydroxylation is 2. The summed E-state index contributed by atoms with van der Waals surface area (Å²) in [4.78, 5) is 13.9. The molecular weight excluding hydrogens is 230 g/mol. The van der Waals surface area contributed by atoms with Crippen molar-refractivity contribution in [3.63, 3.8) is 0 Å². The van der Waals surface area contributed by atoms with Crippen molar-refractivity contribution in [2.45, 2.75) is 39.7 Å². The fourth-order valence-corrected chi connectivity index (χ4v) is 2.30. The standard InChI is InChI=1S/C13H21N3O2/c1-10-12(11(2)18-15-10)8-14-9-13(17)16-6-4-3-5-7-16/h14H,3-9H2,1-2H3. The van der Waals surface area contributed by atoms with Crippen molar-refractivity contribution in [3.05, 3.63) is 17.0 Å². The third-order valence-corrected chi connectivity index (χ3v) is 3.47. The van der Waals surface area contributed by atoms with E-state index < -0.39 is 0 Å². The van der Waals surface area contributed by atoms with Gasteiger partial charge in [0.25, 0.3) is 0 Å². The number of likely N-dealkylation sites (tertiary alicyclic amines) is 1. The van der Waals surface area contributed by atoms with Crippen molar-refractivity contribution < 1.29 is 9.32 Å². The minimum Gasteiger partial charge on any atom is -0.361 e. The number of piperidine rings is 1. The molecule has 0 spiro atoms. The number of nitrogens with one attached hydrogen (secondary N) is 1. The molecule has 0 aromatic carbocycles. The molecule has 1 aromatic heterocycles. The molecule has 5 nitrogen and oxygen atoms in total. The van der Waals surface area contributed by atoms with E-state index in [2.05, 4.69) is 10.5 Å². The summed E-state index contributed by atoms with van der Waals surface area (Å²) in [6.07, 6.45) is 3.52. The quantitative estimate of drug-likeness (QED) is 0.878. The minimum atomic E-state index is 0.196. The van der Waals surface area contributed by atoms with Crippen LogP contribution in [0.25, 0.3) is 0 Å². The van der Waals surface area contributed by atoms with Crippen LogP contribution in [0.5, 0.6) is 0 Å². The van der Waals surface area contributed by atoms with Crippen LogP contribution in [0.4, 0.5) is 0 Å². The lowest BCUT2D eigenvalue weighted by molar-refractivity contribution is -0.131. The first-order valence-corrected chi connectivity index (χ1v) is 6.58. The Bertz CT molecular complexity index is 389. The van der Waals surface area contributed by atoms with E-state index >= 15 is 0 Å². The lowest BCUT2D eigenvalue weighted by Gasteiger charge is -2.26. The number of aromatic nitrogens is 1. The van der Waals surface area contributed by atoms with Crippen LogP contribution in [0, 0.1) is 13.8 Å². The highest BCUT2D eigenvalue weighted by Crippen LogP contribution is 2.11. The molecule has 1 aromatic rings. The van der Waals surface area contributed by atoms with Crippen molar-refractivity contribution in [3.8, 4) is 0 Å². The van der Waals surface area contributed by atoms with E-state index in [1.165, 1.54) is 6.42 Å². The highest BCUT2D eigenvalue weighted by Gasteiger charge is 2.16. The fraction of sp³-hybridized carbons (Fsp3) is 0.692. The Morgan fingerprint density at radius 2 is 2.06 bits per heavy atom. The third-order valence-electron chi connectivity index (χ3n) is 3.47. The first-order chi connectivity index (χ1) is 8.68. The minimum absolute atomic E-state index is 0.196. The molecule has 0 bridgehead atoms. The summed E-state index contributed by atoms with van der Waals surface area (Å²) in [5, 5.41) is 7.07. The number of hydrogen-bond acceptors (Lipinski definition) is 4. The first-order valence-electron chi connectivity index (χ1n) is 6.58. The third kappa shape index (κ3) is 3.10. The van der Waals surface area contributed by atoms with Gasteiger partial charge in [0.15, 0.2) is 0 Å². The van der Waals surface area contributed by atoms with Gasteiger partial charge in [-0.15, -0.1) is 0 Å². The lowest BCUT2D eigenvalue weighted by atomic mass is 10.1. The van der Waals surface area contributed by atoms with Crippen LogP contribution >= 0.6 is 0 Å². The second kappa shape index (κ2) is 6.00. The summed E-state index contributed by atoms with van der Waals surface area (Å²) in [5.41, 5.74) is 1.95. The second-order valence-corrected chi connectivity index (χ2v) is 4.85. The summed E-state index contributed by atoms with van der Waals surface area (Å²) in [5.74, 6) is 1.02. The van der Waals surface area contributed by atoms with Crippen LogP contribution < -0.4 is 5.32 Å². The highest BCUT2D eigenvalue weighted by atomic mass is 16.5. The van der Waals surface area contributed by atoms with Gasteiger partial charge in [-0.25, -0.2) is 0 Å². The van der Waals surface area contributed by atoms with Crippen LogP contribution in [0.1, 0.15) is 36.3 Å². The Balaban J connectivity index is 1.76. The molecular formula is C13H21N3O2. The second-order valence-electron chi connectivity index (χ2n) is 4.85. The van der Waals surface area contributed by atoms with Gasteiger partial charge in [0.2, 0.25) is 5.91 Å². The SMILES string of the molecule is Cc1noc(C)c1CNCC(=O)N1CCCCC1. The molecule has 18 heavy (non-hydrogen) atoms. The Morgan fingerprint density at radius 3 is 2.67 bits per heavy atom. The number of nitrogens with zero attached hydrogens (tertiary/aromatic N) is 2. The zero-order chi connectivity index (χ0) is 13.0. The maximum atomic E-state index is 11.9. The molecule has 1 fully saturated rings. The van der Waals surface area contributed by atoms with Crippen molar-refractivity contribution in [1.82, 2.24) is 15.4 Å². The van der Waals surface area contributed by atoms with E-state index in [1.807, 2.05) is 18.7 Å². The Kier molecular flexibility index (Phi) is 4.36. The zero-order valence-corrected chi connectivity index (χ0v) is 11.2. The van der Waals surface area contributed by atoms with Gasteiger partial charge in [-0.3, -0.25) is 4.79 Å². The van der Waals surface area contributed by atoms with E-state index in [1.54, 1.807) is 0 Å². The van der Waals surface area contributed by atoms with Crippen LogP contribution in [0.2, 0.25) is 0 Å². The smallest absolute Gasteiger partial charge is 0.236 e. The van der Waals surface area contributed by atoms with E-state index in [0.29, 0.717) is 13.1 Å². The molecule has 2 heterocycles. The number of rotatable bonds is 4. The molecule has 100 valence electrons. The van der Waals surface area contributed by atoms with Crippen LogP contribution in [-0.4, -0.2) is 35.6 Å². The van der Waals surface area contributed by atoms with Crippen LogP contribution in [0.15, 0.2) is 4.52 Å². The molecule has 0 aliphatic carbocycles. The van der Waals surface area contributed by atoms with E-state index in [4.69, 9.17) is 4.52 Å². The van der Waals surface area contributed by atoms with Crippen molar-refractivity contribution in [2.75, 3.05) is 19.6 Å². The summed E-state index contributed by atoms with van der Waals surface area (Å²) in [7, 11) is 0. The van der Waals surface area contributed by atoms with Crippen molar-refractivity contribution >= 4 is 5.91 Å². The molecule has 0 radical (unpaired) electrons. The molecule has 1 aliphatic heterocycles. The van der Waals surface area contributed by atoms with E-state index in [0.717, 1.165) is 42.9 Å². The predicted octanol–water partition coefficient (Wildman–Crippen LogP) is 1.39. The van der Waals surface area contributed by atoms with Gasteiger partial charge in [0.1, 0.15) is 5.76 Å². The monoisotopic (exact) mass is 251 g/mol. The number of amides is 1. The summed E-state index contributed by atoms with van der Waals surface area (Å²) >= 11 is 0. The maximum absolute atomic E-state index is 11.9. The zero-order valence-electron chi connectivity index (χ0n) is 11.2. The normalized spacial score (nSPS) is 16.0. The van der Waals surface area contributed by atoms with Gasteiger partial charge in [0, 0.05) is 25.2 Å². The highest BCUT2D eigenvalue weighted by molar-refractivity contribution is 5.78. The van der Waals surface area contributed by atoms with Gasteiger partial charge in [-0.05, 0) is 33.1 Å². The average Bonchev–Trinajstić information content (AvgIpc) is 2.71. The van der Waals surface area contributed by atoms with Gasteiger partial charge < -0.3 is 14.7 Å². The topological polar surface area (TPSA) is 58.4 Å².